The summed E-state index contributed by atoms with van der Waals surface area (Å²) in [5.74, 6) is 0. The molecule has 4 heteroatoms. The zero-order valence-corrected chi connectivity index (χ0v) is 16.3. The molecule has 0 amide bonds. The molecule has 0 radical (unpaired) electrons. The molecule has 1 fully saturated rings. The minimum atomic E-state index is 0.249. The summed E-state index contributed by atoms with van der Waals surface area (Å²) in [5, 5.41) is 3.59. The van der Waals surface area contributed by atoms with Gasteiger partial charge >= 0.3 is 0 Å². The van der Waals surface area contributed by atoms with Gasteiger partial charge in [0.15, 0.2) is 0 Å². The molecule has 1 saturated heterocycles. The molecule has 2 aromatic carbocycles. The minimum Gasteiger partial charge on any atom is -0.379 e. The van der Waals surface area contributed by atoms with E-state index in [0.29, 0.717) is 6.04 Å². The first-order valence-electron chi connectivity index (χ1n) is 9.44. The van der Waals surface area contributed by atoms with Crippen molar-refractivity contribution in [2.24, 2.45) is 0 Å². The van der Waals surface area contributed by atoms with Gasteiger partial charge in [-0.15, -0.1) is 0 Å². The number of thiocarbonyl (C=S) groups is 1. The van der Waals surface area contributed by atoms with Crippen LogP contribution in [0.2, 0.25) is 0 Å². The fourth-order valence-electron chi connectivity index (χ4n) is 3.63. The molecule has 3 rings (SSSR count). The molecule has 0 unspecified atom stereocenters. The van der Waals surface area contributed by atoms with Gasteiger partial charge in [0.2, 0.25) is 0 Å². The molecule has 26 heavy (non-hydrogen) atoms. The van der Waals surface area contributed by atoms with E-state index in [2.05, 4.69) is 77.8 Å². The van der Waals surface area contributed by atoms with Gasteiger partial charge in [-0.3, -0.25) is 4.90 Å². The van der Waals surface area contributed by atoms with Gasteiger partial charge in [-0.25, -0.2) is 0 Å². The Morgan fingerprint density at radius 3 is 2.31 bits per heavy atom. The first-order valence-corrected chi connectivity index (χ1v) is 9.85. The van der Waals surface area contributed by atoms with E-state index in [1.165, 1.54) is 11.1 Å². The van der Waals surface area contributed by atoms with Gasteiger partial charge in [-0.1, -0.05) is 72.9 Å². The summed E-state index contributed by atoms with van der Waals surface area (Å²) in [6.07, 6.45) is 1.86. The highest BCUT2D eigenvalue weighted by Gasteiger charge is 2.27. The van der Waals surface area contributed by atoms with E-state index in [-0.39, 0.29) is 6.04 Å². The number of hydrogen-bond acceptors (Lipinski definition) is 3. The zero-order chi connectivity index (χ0) is 18.2. The maximum absolute atomic E-state index is 5.65. The van der Waals surface area contributed by atoms with E-state index in [1.807, 2.05) is 0 Å². The van der Waals surface area contributed by atoms with Crippen molar-refractivity contribution in [3.63, 3.8) is 0 Å². The molecule has 0 aliphatic carbocycles. The number of hydrogen-bond donors (Lipinski definition) is 1. The lowest BCUT2D eigenvalue weighted by atomic mass is 9.98. The van der Waals surface area contributed by atoms with E-state index in [4.69, 9.17) is 17.0 Å². The SMILES string of the molecule is C[C@H](NC(=S)CCc1ccccc1)[C@H](c1ccccc1)N1CCOCC1. The van der Waals surface area contributed by atoms with E-state index < -0.39 is 0 Å². The Morgan fingerprint density at radius 2 is 1.65 bits per heavy atom. The van der Waals surface area contributed by atoms with Crippen molar-refractivity contribution in [2.75, 3.05) is 26.3 Å². The fourth-order valence-corrected chi connectivity index (χ4v) is 3.92. The largest absolute Gasteiger partial charge is 0.379 e. The highest BCUT2D eigenvalue weighted by Crippen LogP contribution is 2.25. The number of nitrogens with one attached hydrogen (secondary N) is 1. The number of aryl methyl sites for hydroxylation is 1. The molecular weight excluding hydrogens is 340 g/mol. The molecule has 0 aromatic heterocycles. The molecule has 3 nitrogen and oxygen atoms in total. The summed E-state index contributed by atoms with van der Waals surface area (Å²) in [6, 6.07) is 21.8. The third kappa shape index (κ3) is 5.37. The van der Waals surface area contributed by atoms with Crippen LogP contribution in [0.25, 0.3) is 0 Å². The van der Waals surface area contributed by atoms with Crippen LogP contribution in [0.4, 0.5) is 0 Å². The number of morpholine rings is 1. The van der Waals surface area contributed by atoms with Gasteiger partial charge in [0.25, 0.3) is 0 Å². The molecule has 2 aromatic rings. The molecule has 1 heterocycles. The number of nitrogens with zero attached hydrogens (tertiary/aromatic N) is 1. The van der Waals surface area contributed by atoms with Crippen LogP contribution in [0.15, 0.2) is 60.7 Å². The molecule has 0 saturated carbocycles. The van der Waals surface area contributed by atoms with Gasteiger partial charge in [-0.2, -0.15) is 0 Å². The highest BCUT2D eigenvalue weighted by molar-refractivity contribution is 7.80. The lowest BCUT2D eigenvalue weighted by Gasteiger charge is -2.38. The maximum Gasteiger partial charge on any atom is 0.0759 e. The molecule has 1 aliphatic heterocycles. The van der Waals surface area contributed by atoms with Gasteiger partial charge in [0, 0.05) is 25.6 Å². The molecule has 2 atom stereocenters. The quantitative estimate of drug-likeness (QED) is 0.747. The first-order chi connectivity index (χ1) is 12.7. The predicted molar refractivity (Wildman–Crippen MR) is 112 cm³/mol. The average Bonchev–Trinajstić information content (AvgIpc) is 2.69. The Labute approximate surface area is 162 Å². The molecule has 1 N–H and O–H groups in total. The lowest BCUT2D eigenvalue weighted by Crippen LogP contribution is -2.48. The van der Waals surface area contributed by atoms with Crippen LogP contribution >= 0.6 is 12.2 Å². The highest BCUT2D eigenvalue weighted by atomic mass is 32.1. The van der Waals surface area contributed by atoms with Crippen LogP contribution in [-0.4, -0.2) is 42.2 Å². The summed E-state index contributed by atoms with van der Waals surface area (Å²) in [7, 11) is 0. The van der Waals surface area contributed by atoms with Gasteiger partial charge in [-0.05, 0) is 24.5 Å². The van der Waals surface area contributed by atoms with Gasteiger partial charge in [0.05, 0.1) is 24.2 Å². The van der Waals surface area contributed by atoms with Crippen LogP contribution in [0.1, 0.15) is 30.5 Å². The third-order valence-corrected chi connectivity index (χ3v) is 5.25. The summed E-state index contributed by atoms with van der Waals surface area (Å²) in [4.78, 5) is 3.45. The molecular formula is C22H28N2OS. The van der Waals surface area contributed by atoms with E-state index >= 15 is 0 Å². The second-order valence-electron chi connectivity index (χ2n) is 6.85. The normalized spacial score (nSPS) is 17.4. The van der Waals surface area contributed by atoms with Crippen LogP contribution in [0, 0.1) is 0 Å². The Kier molecular flexibility index (Phi) is 7.18. The Morgan fingerprint density at radius 1 is 1.04 bits per heavy atom. The molecule has 0 spiro atoms. The van der Waals surface area contributed by atoms with Gasteiger partial charge in [0.1, 0.15) is 0 Å². The maximum atomic E-state index is 5.65. The van der Waals surface area contributed by atoms with Crippen molar-refractivity contribution >= 4 is 17.2 Å². The Hall–Kier alpha value is -1.75. The summed E-state index contributed by atoms with van der Waals surface area (Å²) in [6.45, 7) is 5.76. The molecule has 1 aliphatic rings. The smallest absolute Gasteiger partial charge is 0.0759 e. The van der Waals surface area contributed by atoms with Crippen molar-refractivity contribution in [2.45, 2.75) is 31.8 Å². The van der Waals surface area contributed by atoms with Crippen molar-refractivity contribution < 1.29 is 4.74 Å². The lowest BCUT2D eigenvalue weighted by molar-refractivity contribution is 0.0102. The fraction of sp³-hybridized carbons (Fsp3) is 0.409. The predicted octanol–water partition coefficient (Wildman–Crippen LogP) is 4.00. The number of ether oxygens (including phenoxy) is 1. The van der Waals surface area contributed by atoms with Gasteiger partial charge < -0.3 is 10.1 Å². The summed E-state index contributed by atoms with van der Waals surface area (Å²) in [5.41, 5.74) is 2.66. The number of rotatable bonds is 7. The van der Waals surface area contributed by atoms with Crippen LogP contribution in [0.3, 0.4) is 0 Å². The third-order valence-electron chi connectivity index (χ3n) is 4.93. The van der Waals surface area contributed by atoms with Crippen LogP contribution < -0.4 is 5.32 Å². The Bertz CT molecular complexity index is 671. The van der Waals surface area contributed by atoms with Crippen molar-refractivity contribution in [1.29, 1.82) is 0 Å². The van der Waals surface area contributed by atoms with Crippen molar-refractivity contribution in [3.05, 3.63) is 71.8 Å². The topological polar surface area (TPSA) is 24.5 Å². The van der Waals surface area contributed by atoms with Crippen LogP contribution in [-0.2, 0) is 11.2 Å². The van der Waals surface area contributed by atoms with Crippen LogP contribution in [0.5, 0.6) is 0 Å². The first kappa shape index (κ1) is 19.0. The summed E-state index contributed by atoms with van der Waals surface area (Å²) < 4.78 is 5.55. The second kappa shape index (κ2) is 9.81. The molecule has 138 valence electrons. The second-order valence-corrected chi connectivity index (χ2v) is 7.34. The van der Waals surface area contributed by atoms with E-state index in [9.17, 15) is 0 Å². The van der Waals surface area contributed by atoms with E-state index in [1.54, 1.807) is 0 Å². The average molecular weight is 369 g/mol. The van der Waals surface area contributed by atoms with Crippen molar-refractivity contribution in [3.8, 4) is 0 Å². The summed E-state index contributed by atoms with van der Waals surface area (Å²) >= 11 is 5.65. The van der Waals surface area contributed by atoms with Crippen molar-refractivity contribution in [1.82, 2.24) is 10.2 Å². The monoisotopic (exact) mass is 368 g/mol. The van der Waals surface area contributed by atoms with E-state index in [0.717, 1.165) is 44.1 Å². The number of benzene rings is 2. The minimum absolute atomic E-state index is 0.249. The molecule has 0 bridgehead atoms. The Balaban J connectivity index is 1.63. The standard InChI is InChI=1S/C22H28N2OS/c1-18(23-21(26)13-12-19-8-4-2-5-9-19)22(20-10-6-3-7-11-20)24-14-16-25-17-15-24/h2-11,18,22H,12-17H2,1H3,(H,23,26)/t18-,22+/m0/s1. The zero-order valence-electron chi connectivity index (χ0n) is 15.4.